The van der Waals surface area contributed by atoms with E-state index in [-0.39, 0.29) is 11.6 Å². The molecule has 0 fully saturated rings. The second-order valence-electron chi connectivity index (χ2n) is 4.16. The third-order valence-electron chi connectivity index (χ3n) is 2.53. The molecule has 8 heteroatoms. The third-order valence-corrected chi connectivity index (χ3v) is 7.26. The van der Waals surface area contributed by atoms with E-state index in [4.69, 9.17) is 23.2 Å². The standard InChI is InChI=1S/C14H12Cl2O2S4/c15-13-3-1-11(21-13)9(17)7-19-5-6-20-8-10(18)12-2-4-14(16)22-12/h1-4H,5-8H2. The summed E-state index contributed by atoms with van der Waals surface area (Å²) in [5.74, 6) is 2.80. The van der Waals surface area contributed by atoms with Crippen LogP contribution in [-0.4, -0.2) is 34.6 Å². The first-order valence-electron chi connectivity index (χ1n) is 6.29. The zero-order chi connectivity index (χ0) is 15.9. The van der Waals surface area contributed by atoms with Gasteiger partial charge in [-0.2, -0.15) is 23.5 Å². The van der Waals surface area contributed by atoms with Crippen LogP contribution in [0.3, 0.4) is 0 Å². The molecule has 0 aliphatic rings. The van der Waals surface area contributed by atoms with Gasteiger partial charge >= 0.3 is 0 Å². The molecule has 0 amide bonds. The molecule has 2 aromatic rings. The van der Waals surface area contributed by atoms with E-state index in [2.05, 4.69) is 0 Å². The van der Waals surface area contributed by atoms with Gasteiger partial charge in [0.1, 0.15) is 0 Å². The first kappa shape index (κ1) is 18.4. The van der Waals surface area contributed by atoms with Gasteiger partial charge in [-0.1, -0.05) is 23.2 Å². The van der Waals surface area contributed by atoms with Gasteiger partial charge in [0.2, 0.25) is 0 Å². The van der Waals surface area contributed by atoms with E-state index in [1.165, 1.54) is 22.7 Å². The predicted octanol–water partition coefficient (Wildman–Crippen LogP) is 5.65. The zero-order valence-corrected chi connectivity index (χ0v) is 16.1. The van der Waals surface area contributed by atoms with Gasteiger partial charge in [-0.25, -0.2) is 0 Å². The number of thioether (sulfide) groups is 2. The summed E-state index contributed by atoms with van der Waals surface area (Å²) in [6.07, 6.45) is 0. The monoisotopic (exact) mass is 410 g/mol. The van der Waals surface area contributed by atoms with Crippen molar-refractivity contribution in [1.29, 1.82) is 0 Å². The first-order valence-corrected chi connectivity index (χ1v) is 11.0. The fourth-order valence-corrected chi connectivity index (χ4v) is 5.58. The van der Waals surface area contributed by atoms with Crippen molar-refractivity contribution < 1.29 is 9.59 Å². The second-order valence-corrected chi connectivity index (χ2v) is 9.80. The van der Waals surface area contributed by atoms with Crippen LogP contribution in [0, 0.1) is 0 Å². The van der Waals surface area contributed by atoms with Crippen LogP contribution in [0.4, 0.5) is 0 Å². The Labute approximate surface area is 155 Å². The lowest BCUT2D eigenvalue weighted by Crippen LogP contribution is -2.03. The summed E-state index contributed by atoms with van der Waals surface area (Å²) >= 11 is 17.4. The molecule has 0 atom stereocenters. The molecule has 0 aliphatic carbocycles. The highest BCUT2D eigenvalue weighted by atomic mass is 35.5. The lowest BCUT2D eigenvalue weighted by molar-refractivity contribution is 0.101. The maximum Gasteiger partial charge on any atom is 0.182 e. The van der Waals surface area contributed by atoms with E-state index in [1.807, 2.05) is 0 Å². The molecule has 0 saturated carbocycles. The van der Waals surface area contributed by atoms with Crippen LogP contribution in [-0.2, 0) is 0 Å². The Hall–Kier alpha value is 0.0200. The average Bonchev–Trinajstić information content (AvgIpc) is 3.11. The average molecular weight is 411 g/mol. The highest BCUT2D eigenvalue weighted by molar-refractivity contribution is 8.03. The van der Waals surface area contributed by atoms with Crippen molar-refractivity contribution in [2.45, 2.75) is 0 Å². The topological polar surface area (TPSA) is 34.1 Å². The minimum absolute atomic E-state index is 0.108. The van der Waals surface area contributed by atoms with Crippen LogP contribution >= 0.6 is 69.4 Å². The lowest BCUT2D eigenvalue weighted by Gasteiger charge is -2.00. The molecular weight excluding hydrogens is 399 g/mol. The largest absolute Gasteiger partial charge is 0.292 e. The first-order chi connectivity index (χ1) is 10.6. The number of halogens is 2. The molecule has 0 radical (unpaired) electrons. The molecule has 0 unspecified atom stereocenters. The molecule has 0 spiro atoms. The van der Waals surface area contributed by atoms with Crippen LogP contribution in [0.15, 0.2) is 24.3 Å². The molecule has 22 heavy (non-hydrogen) atoms. The van der Waals surface area contributed by atoms with Crippen LogP contribution in [0.2, 0.25) is 8.67 Å². The van der Waals surface area contributed by atoms with Gasteiger partial charge in [-0.05, 0) is 24.3 Å². The Morgan fingerprint density at radius 3 is 1.55 bits per heavy atom. The van der Waals surface area contributed by atoms with Crippen molar-refractivity contribution in [3.63, 3.8) is 0 Å². The summed E-state index contributed by atoms with van der Waals surface area (Å²) in [5.41, 5.74) is 0. The van der Waals surface area contributed by atoms with Gasteiger partial charge in [0, 0.05) is 11.5 Å². The number of rotatable bonds is 9. The van der Waals surface area contributed by atoms with E-state index >= 15 is 0 Å². The van der Waals surface area contributed by atoms with Gasteiger partial charge < -0.3 is 0 Å². The summed E-state index contributed by atoms with van der Waals surface area (Å²) in [7, 11) is 0. The number of hydrogen-bond acceptors (Lipinski definition) is 6. The van der Waals surface area contributed by atoms with E-state index in [0.29, 0.717) is 29.9 Å². The maximum atomic E-state index is 11.8. The Bertz CT molecular complexity index is 595. The molecule has 118 valence electrons. The summed E-state index contributed by atoms with van der Waals surface area (Å²) in [6, 6.07) is 7.00. The number of thiophene rings is 2. The molecule has 2 heterocycles. The van der Waals surface area contributed by atoms with Crippen molar-refractivity contribution in [3.8, 4) is 0 Å². The number of carbonyl (C=O) groups is 2. The van der Waals surface area contributed by atoms with Crippen molar-refractivity contribution in [1.82, 2.24) is 0 Å². The summed E-state index contributed by atoms with van der Waals surface area (Å²) in [4.78, 5) is 25.1. The number of Topliss-reactive ketones (excluding diaryl/α,β-unsaturated/α-hetero) is 2. The minimum Gasteiger partial charge on any atom is -0.292 e. The summed E-state index contributed by atoms with van der Waals surface area (Å²) in [6.45, 7) is 0. The Morgan fingerprint density at radius 2 is 1.23 bits per heavy atom. The molecule has 2 aromatic heterocycles. The minimum atomic E-state index is 0.108. The molecular formula is C14H12Cl2O2S4. The predicted molar refractivity (Wildman–Crippen MR) is 102 cm³/mol. The van der Waals surface area contributed by atoms with Gasteiger partial charge in [-0.3, -0.25) is 9.59 Å². The van der Waals surface area contributed by atoms with E-state index in [1.54, 1.807) is 47.8 Å². The van der Waals surface area contributed by atoms with E-state index in [0.717, 1.165) is 11.5 Å². The fourth-order valence-electron chi connectivity index (χ4n) is 1.52. The fraction of sp³-hybridized carbons (Fsp3) is 0.286. The Kier molecular flexibility index (Phi) is 7.80. The van der Waals surface area contributed by atoms with Gasteiger partial charge in [0.25, 0.3) is 0 Å². The Morgan fingerprint density at radius 1 is 0.818 bits per heavy atom. The SMILES string of the molecule is O=C(CSCCSCC(=O)c1ccc(Cl)s1)c1ccc(Cl)s1. The normalized spacial score (nSPS) is 10.8. The maximum absolute atomic E-state index is 11.8. The number of hydrogen-bond donors (Lipinski definition) is 0. The quantitative estimate of drug-likeness (QED) is 0.395. The molecule has 0 N–H and O–H groups in total. The highest BCUT2D eigenvalue weighted by Crippen LogP contribution is 2.24. The number of ketones is 2. The van der Waals surface area contributed by atoms with Crippen molar-refractivity contribution in [3.05, 3.63) is 42.7 Å². The molecule has 0 bridgehead atoms. The van der Waals surface area contributed by atoms with E-state index < -0.39 is 0 Å². The van der Waals surface area contributed by atoms with Crippen LogP contribution in [0.1, 0.15) is 19.3 Å². The molecule has 0 aliphatic heterocycles. The lowest BCUT2D eigenvalue weighted by atomic mass is 10.4. The van der Waals surface area contributed by atoms with Gasteiger partial charge in [0.05, 0.1) is 29.9 Å². The van der Waals surface area contributed by atoms with Crippen LogP contribution < -0.4 is 0 Å². The Balaban J connectivity index is 1.58. The zero-order valence-electron chi connectivity index (χ0n) is 11.3. The highest BCUT2D eigenvalue weighted by Gasteiger charge is 2.10. The van der Waals surface area contributed by atoms with Gasteiger partial charge in [0.15, 0.2) is 11.6 Å². The third kappa shape index (κ3) is 5.91. The van der Waals surface area contributed by atoms with E-state index in [9.17, 15) is 9.59 Å². The number of carbonyl (C=O) groups excluding carboxylic acids is 2. The van der Waals surface area contributed by atoms with Crippen molar-refractivity contribution in [2.75, 3.05) is 23.0 Å². The smallest absolute Gasteiger partial charge is 0.182 e. The van der Waals surface area contributed by atoms with Crippen molar-refractivity contribution >= 4 is 81.0 Å². The molecule has 2 rings (SSSR count). The van der Waals surface area contributed by atoms with Crippen LogP contribution in [0.5, 0.6) is 0 Å². The molecule has 0 saturated heterocycles. The van der Waals surface area contributed by atoms with Crippen molar-refractivity contribution in [2.24, 2.45) is 0 Å². The second kappa shape index (κ2) is 9.35. The van der Waals surface area contributed by atoms with Gasteiger partial charge in [-0.15, -0.1) is 22.7 Å². The summed E-state index contributed by atoms with van der Waals surface area (Å²) < 4.78 is 1.27. The molecule has 2 nitrogen and oxygen atoms in total. The summed E-state index contributed by atoms with van der Waals surface area (Å²) in [5, 5.41) is 0. The molecule has 0 aromatic carbocycles. The van der Waals surface area contributed by atoms with Crippen LogP contribution in [0.25, 0.3) is 0 Å².